The number of amides is 1. The van der Waals surface area contributed by atoms with Crippen LogP contribution in [0.5, 0.6) is 0 Å². The number of carbonyl (C=O) groups is 1. The van der Waals surface area contributed by atoms with Crippen LogP contribution in [0.25, 0.3) is 0 Å². The zero-order valence-electron chi connectivity index (χ0n) is 15.4. The van der Waals surface area contributed by atoms with Crippen molar-refractivity contribution in [2.45, 2.75) is 33.4 Å². The SMILES string of the molecule is Cc1ccc(NC(=O)C(C)Nc2cccc(Cn3cccn3)c2)cc1C. The number of nitrogens with zero attached hydrogens (tertiary/aromatic N) is 2. The third-order valence-electron chi connectivity index (χ3n) is 4.38. The van der Waals surface area contributed by atoms with Crippen LogP contribution in [0.3, 0.4) is 0 Å². The van der Waals surface area contributed by atoms with Crippen LogP contribution in [0.4, 0.5) is 11.4 Å². The minimum atomic E-state index is -0.350. The molecule has 2 aromatic carbocycles. The standard InChI is InChI=1S/C21H24N4O/c1-15-8-9-20(12-16(15)2)24-21(26)17(3)23-19-7-4-6-18(13-19)14-25-11-5-10-22-25/h4-13,17,23H,14H2,1-3H3,(H,24,26). The second-order valence-electron chi connectivity index (χ2n) is 6.56. The van der Waals surface area contributed by atoms with Crippen molar-refractivity contribution in [2.24, 2.45) is 0 Å². The molecule has 134 valence electrons. The molecule has 0 aliphatic carbocycles. The number of rotatable bonds is 6. The number of nitrogens with one attached hydrogen (secondary N) is 2. The van der Waals surface area contributed by atoms with Crippen molar-refractivity contribution in [1.29, 1.82) is 0 Å². The minimum absolute atomic E-state index is 0.0641. The van der Waals surface area contributed by atoms with E-state index >= 15 is 0 Å². The summed E-state index contributed by atoms with van der Waals surface area (Å²) in [5.41, 5.74) is 5.23. The molecule has 0 radical (unpaired) electrons. The van der Waals surface area contributed by atoms with Gasteiger partial charge >= 0.3 is 0 Å². The smallest absolute Gasteiger partial charge is 0.246 e. The Morgan fingerprint density at radius 2 is 1.92 bits per heavy atom. The van der Waals surface area contributed by atoms with Gasteiger partial charge in [0, 0.05) is 23.8 Å². The highest BCUT2D eigenvalue weighted by atomic mass is 16.2. The number of benzene rings is 2. The van der Waals surface area contributed by atoms with Gasteiger partial charge < -0.3 is 10.6 Å². The molecular weight excluding hydrogens is 324 g/mol. The van der Waals surface area contributed by atoms with Gasteiger partial charge in [-0.25, -0.2) is 0 Å². The highest BCUT2D eigenvalue weighted by Crippen LogP contribution is 2.16. The highest BCUT2D eigenvalue weighted by molar-refractivity contribution is 5.96. The van der Waals surface area contributed by atoms with Crippen LogP contribution in [-0.2, 0) is 11.3 Å². The zero-order valence-corrected chi connectivity index (χ0v) is 15.4. The first-order chi connectivity index (χ1) is 12.5. The molecule has 0 fully saturated rings. The summed E-state index contributed by atoms with van der Waals surface area (Å²) in [5, 5.41) is 10.5. The second-order valence-corrected chi connectivity index (χ2v) is 6.56. The van der Waals surface area contributed by atoms with Crippen molar-refractivity contribution in [2.75, 3.05) is 10.6 Å². The molecule has 0 aliphatic rings. The quantitative estimate of drug-likeness (QED) is 0.708. The Morgan fingerprint density at radius 1 is 1.08 bits per heavy atom. The lowest BCUT2D eigenvalue weighted by Gasteiger charge is -2.16. The number of aryl methyl sites for hydroxylation is 2. The monoisotopic (exact) mass is 348 g/mol. The Kier molecular flexibility index (Phi) is 5.37. The summed E-state index contributed by atoms with van der Waals surface area (Å²) in [4.78, 5) is 12.5. The van der Waals surface area contributed by atoms with Gasteiger partial charge in [-0.1, -0.05) is 18.2 Å². The van der Waals surface area contributed by atoms with E-state index in [0.29, 0.717) is 6.54 Å². The molecule has 1 amide bonds. The van der Waals surface area contributed by atoms with E-state index in [1.807, 2.05) is 73.3 Å². The van der Waals surface area contributed by atoms with Crippen molar-refractivity contribution in [1.82, 2.24) is 9.78 Å². The molecule has 1 atom stereocenters. The first kappa shape index (κ1) is 17.7. The second kappa shape index (κ2) is 7.87. The van der Waals surface area contributed by atoms with Gasteiger partial charge in [0.05, 0.1) is 6.54 Å². The van der Waals surface area contributed by atoms with Gasteiger partial charge in [0.25, 0.3) is 0 Å². The number of aromatic nitrogens is 2. The molecule has 2 N–H and O–H groups in total. The fraction of sp³-hybridized carbons (Fsp3) is 0.238. The van der Waals surface area contributed by atoms with Crippen molar-refractivity contribution in [3.05, 3.63) is 77.6 Å². The topological polar surface area (TPSA) is 59.0 Å². The molecule has 1 unspecified atom stereocenters. The Morgan fingerprint density at radius 3 is 2.65 bits per heavy atom. The number of hydrogen-bond acceptors (Lipinski definition) is 3. The average molecular weight is 348 g/mol. The molecule has 5 nitrogen and oxygen atoms in total. The zero-order chi connectivity index (χ0) is 18.5. The lowest BCUT2D eigenvalue weighted by Crippen LogP contribution is -2.31. The predicted molar refractivity (Wildman–Crippen MR) is 105 cm³/mol. The van der Waals surface area contributed by atoms with Gasteiger partial charge in [-0.05, 0) is 67.8 Å². The molecular formula is C21H24N4O. The molecule has 3 aromatic rings. The molecule has 1 heterocycles. The predicted octanol–water partition coefficient (Wildman–Crippen LogP) is 3.99. The highest BCUT2D eigenvalue weighted by Gasteiger charge is 2.13. The van der Waals surface area contributed by atoms with Gasteiger partial charge in [-0.2, -0.15) is 5.10 Å². The summed E-state index contributed by atoms with van der Waals surface area (Å²) in [5.74, 6) is -0.0641. The Balaban J connectivity index is 1.62. The maximum atomic E-state index is 12.5. The third kappa shape index (κ3) is 4.51. The first-order valence-electron chi connectivity index (χ1n) is 8.72. The van der Waals surface area contributed by atoms with E-state index in [0.717, 1.165) is 22.5 Å². The van der Waals surface area contributed by atoms with Crippen LogP contribution in [0.15, 0.2) is 60.9 Å². The van der Waals surface area contributed by atoms with Crippen LogP contribution in [0, 0.1) is 13.8 Å². The maximum Gasteiger partial charge on any atom is 0.246 e. The summed E-state index contributed by atoms with van der Waals surface area (Å²) < 4.78 is 1.87. The van der Waals surface area contributed by atoms with Gasteiger partial charge in [0.1, 0.15) is 6.04 Å². The first-order valence-corrected chi connectivity index (χ1v) is 8.72. The van der Waals surface area contributed by atoms with Crippen LogP contribution >= 0.6 is 0 Å². The molecule has 26 heavy (non-hydrogen) atoms. The number of carbonyl (C=O) groups excluding carboxylic acids is 1. The van der Waals surface area contributed by atoms with Crippen molar-refractivity contribution in [3.63, 3.8) is 0 Å². The van der Waals surface area contributed by atoms with E-state index < -0.39 is 0 Å². The van der Waals surface area contributed by atoms with E-state index in [-0.39, 0.29) is 11.9 Å². The van der Waals surface area contributed by atoms with Crippen LogP contribution in [-0.4, -0.2) is 21.7 Å². The molecule has 0 aliphatic heterocycles. The Hall–Kier alpha value is -3.08. The Bertz CT molecular complexity index is 887. The summed E-state index contributed by atoms with van der Waals surface area (Å²) in [6.45, 7) is 6.65. The molecule has 5 heteroatoms. The maximum absolute atomic E-state index is 12.5. The van der Waals surface area contributed by atoms with E-state index in [1.165, 1.54) is 5.56 Å². The van der Waals surface area contributed by atoms with Gasteiger partial charge in [0.2, 0.25) is 5.91 Å². The summed E-state index contributed by atoms with van der Waals surface area (Å²) in [6.07, 6.45) is 3.70. The fourth-order valence-corrected chi connectivity index (χ4v) is 2.73. The van der Waals surface area contributed by atoms with Gasteiger partial charge in [0.15, 0.2) is 0 Å². The third-order valence-corrected chi connectivity index (χ3v) is 4.38. The van der Waals surface area contributed by atoms with Crippen molar-refractivity contribution >= 4 is 17.3 Å². The lowest BCUT2D eigenvalue weighted by atomic mass is 10.1. The molecule has 0 bridgehead atoms. The van der Waals surface area contributed by atoms with Crippen LogP contribution in [0.1, 0.15) is 23.6 Å². The van der Waals surface area contributed by atoms with Crippen molar-refractivity contribution < 1.29 is 4.79 Å². The van der Waals surface area contributed by atoms with Gasteiger partial charge in [-0.3, -0.25) is 9.48 Å². The van der Waals surface area contributed by atoms with Crippen LogP contribution in [0.2, 0.25) is 0 Å². The molecule has 3 rings (SSSR count). The fourth-order valence-electron chi connectivity index (χ4n) is 2.73. The summed E-state index contributed by atoms with van der Waals surface area (Å²) in [6, 6.07) is 15.5. The molecule has 0 saturated carbocycles. The number of anilines is 2. The van der Waals surface area contributed by atoms with E-state index in [2.05, 4.69) is 22.7 Å². The lowest BCUT2D eigenvalue weighted by molar-refractivity contribution is -0.116. The van der Waals surface area contributed by atoms with Crippen LogP contribution < -0.4 is 10.6 Å². The van der Waals surface area contributed by atoms with Gasteiger partial charge in [-0.15, -0.1) is 0 Å². The average Bonchev–Trinajstić information content (AvgIpc) is 3.11. The summed E-state index contributed by atoms with van der Waals surface area (Å²) in [7, 11) is 0. The van der Waals surface area contributed by atoms with Crippen molar-refractivity contribution in [3.8, 4) is 0 Å². The van der Waals surface area contributed by atoms with E-state index in [4.69, 9.17) is 0 Å². The van der Waals surface area contributed by atoms with E-state index in [1.54, 1.807) is 6.20 Å². The molecule has 0 saturated heterocycles. The largest absolute Gasteiger partial charge is 0.374 e. The Labute approximate surface area is 154 Å². The minimum Gasteiger partial charge on any atom is -0.374 e. The summed E-state index contributed by atoms with van der Waals surface area (Å²) >= 11 is 0. The van der Waals surface area contributed by atoms with E-state index in [9.17, 15) is 4.79 Å². The number of hydrogen-bond donors (Lipinski definition) is 2. The normalized spacial score (nSPS) is 11.8. The molecule has 0 spiro atoms. The molecule has 1 aromatic heterocycles.